The Morgan fingerprint density at radius 2 is 1.57 bits per heavy atom. The van der Waals surface area contributed by atoms with Crippen molar-refractivity contribution < 1.29 is 18.7 Å². The fraction of sp³-hybridized carbons (Fsp3) is 0.529. The van der Waals surface area contributed by atoms with Gasteiger partial charge < -0.3 is 14.5 Å². The van der Waals surface area contributed by atoms with Crippen LogP contribution in [0, 0.1) is 11.7 Å². The van der Waals surface area contributed by atoms with Crippen molar-refractivity contribution in [1.82, 2.24) is 9.80 Å². The summed E-state index contributed by atoms with van der Waals surface area (Å²) >= 11 is 0. The molecular formula is C17H23FN2O3. The molecule has 0 bridgehead atoms. The number of carbonyl (C=O) groups excluding carboxylic acids is 2. The van der Waals surface area contributed by atoms with Gasteiger partial charge in [-0.25, -0.2) is 4.39 Å². The smallest absolute Gasteiger partial charge is 0.260 e. The van der Waals surface area contributed by atoms with Crippen molar-refractivity contribution in [1.29, 1.82) is 0 Å². The zero-order valence-electron chi connectivity index (χ0n) is 13.6. The number of hydrogen-bond acceptors (Lipinski definition) is 3. The van der Waals surface area contributed by atoms with Gasteiger partial charge in [-0.15, -0.1) is 0 Å². The summed E-state index contributed by atoms with van der Waals surface area (Å²) < 4.78 is 18.2. The number of hydrogen-bond donors (Lipinski definition) is 0. The summed E-state index contributed by atoms with van der Waals surface area (Å²) in [5.41, 5.74) is 0. The Bertz CT molecular complexity index is 537. The van der Waals surface area contributed by atoms with Crippen LogP contribution in [0.4, 0.5) is 4.39 Å². The molecule has 0 aliphatic carbocycles. The van der Waals surface area contributed by atoms with Crippen LogP contribution in [-0.2, 0) is 9.59 Å². The normalized spacial score (nSPS) is 15.0. The Hall–Kier alpha value is -2.11. The summed E-state index contributed by atoms with van der Waals surface area (Å²) in [6.07, 6.45) is 0.543. The minimum Gasteiger partial charge on any atom is -0.484 e. The van der Waals surface area contributed by atoms with Gasteiger partial charge in [-0.3, -0.25) is 9.59 Å². The molecule has 0 atom stereocenters. The van der Waals surface area contributed by atoms with Gasteiger partial charge in [-0.05, 0) is 30.2 Å². The molecule has 1 saturated heterocycles. The summed E-state index contributed by atoms with van der Waals surface area (Å²) in [6, 6.07) is 5.56. The highest BCUT2D eigenvalue weighted by molar-refractivity contribution is 5.79. The molecule has 1 heterocycles. The fourth-order valence-electron chi connectivity index (χ4n) is 2.45. The van der Waals surface area contributed by atoms with Crippen LogP contribution in [0.3, 0.4) is 0 Å². The second kappa shape index (κ2) is 7.94. The van der Waals surface area contributed by atoms with E-state index in [1.54, 1.807) is 4.90 Å². The van der Waals surface area contributed by atoms with Crippen LogP contribution in [-0.4, -0.2) is 54.4 Å². The number of piperazine rings is 1. The molecule has 0 radical (unpaired) electrons. The van der Waals surface area contributed by atoms with Crippen molar-refractivity contribution in [2.24, 2.45) is 5.92 Å². The van der Waals surface area contributed by atoms with Crippen molar-refractivity contribution in [3.8, 4) is 5.75 Å². The Balaban J connectivity index is 1.75. The molecule has 1 aliphatic rings. The zero-order valence-corrected chi connectivity index (χ0v) is 13.6. The van der Waals surface area contributed by atoms with Gasteiger partial charge in [0.25, 0.3) is 5.91 Å². The summed E-state index contributed by atoms with van der Waals surface area (Å²) in [7, 11) is 0. The van der Waals surface area contributed by atoms with E-state index in [2.05, 4.69) is 0 Å². The lowest BCUT2D eigenvalue weighted by atomic mass is 10.1. The van der Waals surface area contributed by atoms with E-state index in [9.17, 15) is 14.0 Å². The number of nitrogens with zero attached hydrogens (tertiary/aromatic N) is 2. The number of rotatable bonds is 5. The molecule has 6 heteroatoms. The third-order valence-corrected chi connectivity index (χ3v) is 3.74. The van der Waals surface area contributed by atoms with Crippen molar-refractivity contribution in [2.45, 2.75) is 20.3 Å². The van der Waals surface area contributed by atoms with Crippen LogP contribution >= 0.6 is 0 Å². The molecule has 23 heavy (non-hydrogen) atoms. The van der Waals surface area contributed by atoms with Crippen molar-refractivity contribution in [3.63, 3.8) is 0 Å². The molecule has 0 aromatic heterocycles. The summed E-state index contributed by atoms with van der Waals surface area (Å²) in [5, 5.41) is 0. The molecule has 126 valence electrons. The molecule has 0 saturated carbocycles. The molecule has 1 aromatic carbocycles. The first-order chi connectivity index (χ1) is 11.0. The first-order valence-electron chi connectivity index (χ1n) is 7.89. The van der Waals surface area contributed by atoms with E-state index in [0.717, 1.165) is 0 Å². The molecule has 1 fully saturated rings. The lowest BCUT2D eigenvalue weighted by Gasteiger charge is -2.35. The Morgan fingerprint density at radius 3 is 2.09 bits per heavy atom. The van der Waals surface area contributed by atoms with E-state index >= 15 is 0 Å². The van der Waals surface area contributed by atoms with Gasteiger partial charge in [0.2, 0.25) is 5.91 Å². The van der Waals surface area contributed by atoms with Crippen molar-refractivity contribution in [3.05, 3.63) is 30.1 Å². The Kier molecular flexibility index (Phi) is 5.96. The fourth-order valence-corrected chi connectivity index (χ4v) is 2.45. The highest BCUT2D eigenvalue weighted by Crippen LogP contribution is 2.12. The number of amides is 2. The first kappa shape index (κ1) is 17.2. The second-order valence-corrected chi connectivity index (χ2v) is 6.10. The molecular weight excluding hydrogens is 299 g/mol. The van der Waals surface area contributed by atoms with Crippen LogP contribution in [0.15, 0.2) is 24.3 Å². The highest BCUT2D eigenvalue weighted by Gasteiger charge is 2.24. The van der Waals surface area contributed by atoms with Gasteiger partial charge in [-0.1, -0.05) is 13.8 Å². The Morgan fingerprint density at radius 1 is 1.04 bits per heavy atom. The number of ether oxygens (including phenoxy) is 1. The summed E-state index contributed by atoms with van der Waals surface area (Å²) in [5.74, 6) is 0.488. The van der Waals surface area contributed by atoms with Gasteiger partial charge in [-0.2, -0.15) is 0 Å². The van der Waals surface area contributed by atoms with Gasteiger partial charge in [0, 0.05) is 32.6 Å². The maximum atomic E-state index is 12.8. The zero-order chi connectivity index (χ0) is 16.8. The molecule has 0 unspecified atom stereocenters. The molecule has 1 aromatic rings. The molecule has 2 amide bonds. The van der Waals surface area contributed by atoms with E-state index in [4.69, 9.17) is 4.74 Å². The second-order valence-electron chi connectivity index (χ2n) is 6.10. The van der Waals surface area contributed by atoms with Crippen LogP contribution in [0.5, 0.6) is 5.75 Å². The van der Waals surface area contributed by atoms with E-state index in [1.807, 2.05) is 18.7 Å². The molecule has 1 aliphatic heterocycles. The van der Waals surface area contributed by atoms with Gasteiger partial charge >= 0.3 is 0 Å². The summed E-state index contributed by atoms with van der Waals surface area (Å²) in [6.45, 7) is 6.13. The molecule has 2 rings (SSSR count). The van der Waals surface area contributed by atoms with E-state index in [1.165, 1.54) is 24.3 Å². The average molecular weight is 322 g/mol. The summed E-state index contributed by atoms with van der Waals surface area (Å²) in [4.78, 5) is 27.6. The maximum Gasteiger partial charge on any atom is 0.260 e. The number of carbonyl (C=O) groups is 2. The highest BCUT2D eigenvalue weighted by atomic mass is 19.1. The maximum absolute atomic E-state index is 12.8. The average Bonchev–Trinajstić information content (AvgIpc) is 2.53. The standard InChI is InChI=1S/C17H23FN2O3/c1-13(2)11-16(21)19-7-9-20(10-8-19)17(22)12-23-15-5-3-14(18)4-6-15/h3-6,13H,7-12H2,1-2H3. The SMILES string of the molecule is CC(C)CC(=O)N1CCN(C(=O)COc2ccc(F)cc2)CC1. The largest absolute Gasteiger partial charge is 0.484 e. The third-order valence-electron chi connectivity index (χ3n) is 3.74. The predicted molar refractivity (Wildman–Crippen MR) is 84.5 cm³/mol. The molecule has 0 spiro atoms. The lowest BCUT2D eigenvalue weighted by molar-refractivity contribution is -0.141. The molecule has 0 N–H and O–H groups in total. The first-order valence-corrected chi connectivity index (χ1v) is 7.89. The third kappa shape index (κ3) is 5.23. The van der Waals surface area contributed by atoms with E-state index < -0.39 is 0 Å². The van der Waals surface area contributed by atoms with E-state index in [0.29, 0.717) is 44.3 Å². The van der Waals surface area contributed by atoms with Crippen LogP contribution in [0.1, 0.15) is 20.3 Å². The van der Waals surface area contributed by atoms with Crippen LogP contribution in [0.25, 0.3) is 0 Å². The minimum absolute atomic E-state index is 0.0778. The van der Waals surface area contributed by atoms with Gasteiger partial charge in [0.05, 0.1) is 0 Å². The molecule has 5 nitrogen and oxygen atoms in total. The quantitative estimate of drug-likeness (QED) is 0.832. The van der Waals surface area contributed by atoms with Crippen LogP contribution < -0.4 is 4.74 Å². The minimum atomic E-state index is -0.342. The monoisotopic (exact) mass is 322 g/mol. The van der Waals surface area contributed by atoms with Gasteiger partial charge in [0.1, 0.15) is 11.6 Å². The Labute approximate surface area is 136 Å². The van der Waals surface area contributed by atoms with Crippen molar-refractivity contribution >= 4 is 11.8 Å². The lowest BCUT2D eigenvalue weighted by Crippen LogP contribution is -2.51. The topological polar surface area (TPSA) is 49.9 Å². The van der Waals surface area contributed by atoms with E-state index in [-0.39, 0.29) is 24.2 Å². The van der Waals surface area contributed by atoms with Gasteiger partial charge in [0.15, 0.2) is 6.61 Å². The number of halogens is 1. The predicted octanol–water partition coefficient (Wildman–Crippen LogP) is 1.92. The van der Waals surface area contributed by atoms with Crippen LogP contribution in [0.2, 0.25) is 0 Å². The number of benzene rings is 1. The van der Waals surface area contributed by atoms with Crippen molar-refractivity contribution in [2.75, 3.05) is 32.8 Å².